The lowest BCUT2D eigenvalue weighted by atomic mass is 9.80. The lowest BCUT2D eigenvalue weighted by Gasteiger charge is -2.35. The van der Waals surface area contributed by atoms with Crippen LogP contribution in [-0.4, -0.2) is 92.1 Å². The molecule has 3 aromatic carbocycles. The third-order valence-corrected chi connectivity index (χ3v) is 17.2. The van der Waals surface area contributed by atoms with Gasteiger partial charge in [-0.1, -0.05) is 68.2 Å². The lowest BCUT2D eigenvalue weighted by molar-refractivity contribution is -0.138. The summed E-state index contributed by atoms with van der Waals surface area (Å²) in [5, 5.41) is 24.5. The minimum absolute atomic E-state index is 0.0159. The van der Waals surface area contributed by atoms with Crippen molar-refractivity contribution in [3.8, 4) is 23.3 Å². The predicted octanol–water partition coefficient (Wildman–Crippen LogP) is 9.96. The highest BCUT2D eigenvalue weighted by Crippen LogP contribution is 2.48. The monoisotopic (exact) mass is 997 g/mol. The van der Waals surface area contributed by atoms with Crippen LogP contribution in [-0.2, 0) is 31.9 Å². The molecule has 5 aromatic rings. The Kier molecular flexibility index (Phi) is 13.7. The van der Waals surface area contributed by atoms with Crippen molar-refractivity contribution in [2.75, 3.05) is 14.2 Å². The molecule has 382 valence electrons. The first-order valence-corrected chi connectivity index (χ1v) is 26.7. The van der Waals surface area contributed by atoms with Crippen LogP contribution in [0.2, 0.25) is 0 Å². The number of fused-ring (bicyclic) bond motifs is 4. The number of nitriles is 2. The first-order chi connectivity index (χ1) is 36.1. The van der Waals surface area contributed by atoms with Gasteiger partial charge in [0.05, 0.1) is 73.4 Å². The molecule has 9 atom stereocenters. The van der Waals surface area contributed by atoms with E-state index < -0.39 is 24.3 Å². The minimum atomic E-state index is -1.01. The van der Waals surface area contributed by atoms with Crippen molar-refractivity contribution in [2.45, 2.75) is 145 Å². The number of amides is 4. The number of aromatic nitrogens is 4. The molecule has 4 fully saturated rings. The van der Waals surface area contributed by atoms with Crippen LogP contribution in [0.3, 0.4) is 0 Å². The number of methoxy groups -OCH3 is 2. The van der Waals surface area contributed by atoms with E-state index in [1.54, 1.807) is 0 Å². The number of H-pyrrole nitrogens is 2. The van der Waals surface area contributed by atoms with E-state index in [0.29, 0.717) is 17.8 Å². The molecule has 74 heavy (non-hydrogen) atoms. The van der Waals surface area contributed by atoms with Crippen molar-refractivity contribution >= 4 is 51.6 Å². The Labute approximate surface area is 430 Å². The van der Waals surface area contributed by atoms with Crippen molar-refractivity contribution in [3.05, 3.63) is 101 Å². The number of carbonyl (C=O) groups excluding carboxylic acids is 4. The number of alkyl carbamates (subject to hydrolysis) is 2. The maximum absolute atomic E-state index is 14.3. The molecule has 2 saturated heterocycles. The fraction of sp³-hybridized carbons (Fsp3) is 0.483. The number of likely N-dealkylation sites (tertiary alicyclic amines) is 2. The maximum Gasteiger partial charge on any atom is 0.407 e. The second-order valence-corrected chi connectivity index (χ2v) is 21.4. The number of benzene rings is 3. The molecule has 14 rings (SSSR count). The zero-order valence-corrected chi connectivity index (χ0v) is 42.2. The van der Waals surface area contributed by atoms with E-state index >= 15 is 0 Å². The fourth-order valence-electron chi connectivity index (χ4n) is 13.6. The number of rotatable bonds is 10. The smallest absolute Gasteiger partial charge is 0.407 e. The molecule has 4 heterocycles. The maximum atomic E-state index is 14.3. The number of hydrogen-bond acceptors (Lipinski definition) is 10. The molecule has 2 aromatic heterocycles. The van der Waals surface area contributed by atoms with Gasteiger partial charge in [-0.25, -0.2) is 19.6 Å². The van der Waals surface area contributed by atoms with Crippen LogP contribution in [0.25, 0.3) is 38.8 Å². The quantitative estimate of drug-likeness (QED) is 0.104. The number of aryl methyl sites for hydroxylation is 2. The van der Waals surface area contributed by atoms with Gasteiger partial charge in [0.2, 0.25) is 11.8 Å². The van der Waals surface area contributed by atoms with Crippen LogP contribution in [0.15, 0.2) is 72.3 Å². The standard InChI is InChI=1S/C58H64N10O6/c1-73-57(71)65-45(23-25-59)55(69)67-49-9-5-3-7-39(49)31-51(67)53-61-43-21-19-37(29-47(43)63-53)41-27-33-11-15-35(41)17-13-34-12-16-36(18-14-33)42(28-34)38-20-22-44-48(30-38)64-54(62-44)52-32-40-8-4-6-10-50(40)68(52)56(70)46(24-26-60)66-58(72)74-2/h11-12,15-16,19-22,27,29-30,34,39-40,45-46,49-52H,3-10,13-14,17-18,23-24,28,31-32H2,1-2H3,(H,61,63)(H,62,64)(H,65,71)(H,66,72)/t34-,39-,40-,45-,46-,49-,50-,51-,52-/m0/s1. The van der Waals surface area contributed by atoms with Crippen LogP contribution in [0.4, 0.5) is 9.59 Å². The molecule has 9 aliphatic rings. The summed E-state index contributed by atoms with van der Waals surface area (Å²) in [5.74, 6) is 1.90. The lowest BCUT2D eigenvalue weighted by Crippen LogP contribution is -2.51. The van der Waals surface area contributed by atoms with Gasteiger partial charge in [-0.05, 0) is 152 Å². The Bertz CT molecular complexity index is 3160. The molecular weight excluding hydrogens is 933 g/mol. The summed E-state index contributed by atoms with van der Waals surface area (Å²) >= 11 is 0. The molecule has 0 spiro atoms. The summed E-state index contributed by atoms with van der Waals surface area (Å²) in [5.41, 5.74) is 12.2. The highest BCUT2D eigenvalue weighted by Gasteiger charge is 2.49. The van der Waals surface area contributed by atoms with Gasteiger partial charge in [0, 0.05) is 12.1 Å². The molecule has 7 aliphatic carbocycles. The van der Waals surface area contributed by atoms with Crippen molar-refractivity contribution in [3.63, 3.8) is 0 Å². The van der Waals surface area contributed by atoms with E-state index in [9.17, 15) is 29.7 Å². The van der Waals surface area contributed by atoms with Gasteiger partial charge in [-0.2, -0.15) is 10.5 Å². The summed E-state index contributed by atoms with van der Waals surface area (Å²) in [7, 11) is 2.51. The normalized spacial score (nSPS) is 25.1. The molecule has 0 unspecified atom stereocenters. The molecule has 2 aliphatic heterocycles. The number of imidazole rings is 2. The van der Waals surface area contributed by atoms with E-state index in [1.807, 2.05) is 9.80 Å². The number of nitrogens with zero attached hydrogens (tertiary/aromatic N) is 6. The third-order valence-electron chi connectivity index (χ3n) is 17.2. The Morgan fingerprint density at radius 3 is 1.81 bits per heavy atom. The highest BCUT2D eigenvalue weighted by atomic mass is 16.5. The van der Waals surface area contributed by atoms with Gasteiger partial charge >= 0.3 is 12.2 Å². The summed E-state index contributed by atoms with van der Waals surface area (Å²) in [6.07, 6.45) is 17.2. The number of nitrogens with one attached hydrogen (secondary N) is 4. The van der Waals surface area contributed by atoms with Crippen LogP contribution in [0, 0.1) is 40.4 Å². The Balaban J connectivity index is 0.848. The van der Waals surface area contributed by atoms with Gasteiger partial charge in [0.1, 0.15) is 23.7 Å². The van der Waals surface area contributed by atoms with E-state index in [4.69, 9.17) is 19.4 Å². The summed E-state index contributed by atoms with van der Waals surface area (Å²) in [6, 6.07) is 21.4. The van der Waals surface area contributed by atoms with Crippen LogP contribution < -0.4 is 10.6 Å². The Morgan fingerprint density at radius 2 is 1.24 bits per heavy atom. The van der Waals surface area contributed by atoms with E-state index in [-0.39, 0.29) is 48.8 Å². The van der Waals surface area contributed by atoms with Gasteiger partial charge < -0.3 is 39.9 Å². The summed E-state index contributed by atoms with van der Waals surface area (Å²) in [4.78, 5) is 74.4. The number of hydrogen-bond donors (Lipinski definition) is 4. The summed E-state index contributed by atoms with van der Waals surface area (Å²) in [6.45, 7) is 0. The topological polar surface area (TPSA) is 222 Å². The zero-order valence-electron chi connectivity index (χ0n) is 42.2. The minimum Gasteiger partial charge on any atom is -0.453 e. The average molecular weight is 997 g/mol. The first kappa shape index (κ1) is 48.8. The number of aromatic amines is 2. The number of ether oxygens (including phenoxy) is 2. The van der Waals surface area contributed by atoms with Crippen LogP contribution >= 0.6 is 0 Å². The molecule has 16 heteroatoms. The van der Waals surface area contributed by atoms with Gasteiger partial charge in [-0.15, -0.1) is 0 Å². The molecule has 4 amide bonds. The van der Waals surface area contributed by atoms with E-state index in [0.717, 1.165) is 136 Å². The Hall–Kier alpha value is -7.46. The number of carbonyl (C=O) groups is 4. The van der Waals surface area contributed by atoms with Crippen molar-refractivity contribution in [1.29, 1.82) is 10.5 Å². The third kappa shape index (κ3) is 9.39. The zero-order chi connectivity index (χ0) is 51.0. The summed E-state index contributed by atoms with van der Waals surface area (Å²) < 4.78 is 9.64. The van der Waals surface area contributed by atoms with Gasteiger partial charge in [-0.3, -0.25) is 9.59 Å². The van der Waals surface area contributed by atoms with Gasteiger partial charge in [0.25, 0.3) is 0 Å². The van der Waals surface area contributed by atoms with Crippen LogP contribution in [0.1, 0.15) is 137 Å². The average Bonchev–Trinajstić information content (AvgIpc) is 4.23. The molecule has 4 N–H and O–H groups in total. The molecular formula is C58H64N10O6. The second kappa shape index (κ2) is 20.8. The Morgan fingerprint density at radius 1 is 0.689 bits per heavy atom. The van der Waals surface area contributed by atoms with Crippen LogP contribution in [0.5, 0.6) is 0 Å². The molecule has 2 saturated carbocycles. The van der Waals surface area contributed by atoms with Crippen molar-refractivity contribution in [2.24, 2.45) is 17.8 Å². The second-order valence-electron chi connectivity index (χ2n) is 21.4. The fourth-order valence-corrected chi connectivity index (χ4v) is 13.6. The van der Waals surface area contributed by atoms with Gasteiger partial charge in [0.15, 0.2) is 0 Å². The molecule has 0 radical (unpaired) electrons. The first-order valence-electron chi connectivity index (χ1n) is 26.7. The number of allylic oxidation sites excluding steroid dienone is 4. The highest BCUT2D eigenvalue weighted by molar-refractivity contribution is 5.89. The van der Waals surface area contributed by atoms with Crippen molar-refractivity contribution in [1.82, 2.24) is 40.4 Å². The van der Waals surface area contributed by atoms with Crippen molar-refractivity contribution < 1.29 is 28.7 Å². The largest absolute Gasteiger partial charge is 0.453 e. The van der Waals surface area contributed by atoms with E-state index in [1.165, 1.54) is 47.6 Å². The molecule has 4 bridgehead atoms. The molecule has 16 nitrogen and oxygen atoms in total. The SMILES string of the molecule is COC(=O)N[C@@H](CC#N)C(=O)N1[C@H](c2nc3ccc(C4=C5C=C[C@@H](CCc6ccc(cc6-c6ccc7nc([C@@H]8C[C@@H]9CCCC[C@@H]9N8C(=O)[C@H](CC#N)NC(=O)OC)[nH]c7c6)CC5)C4)cc3[nH]2)C[C@@H]2CCCC[C@@H]21. The van der Waals surface area contributed by atoms with E-state index in [2.05, 4.69) is 99.5 Å². The predicted molar refractivity (Wildman–Crippen MR) is 277 cm³/mol.